The lowest BCUT2D eigenvalue weighted by Gasteiger charge is -2.02. The minimum atomic E-state index is -1.03. The molecule has 2 heterocycles. The standard InChI is InChI=1S/C9H7N5O4/c15-8-6(14(17)18)4-13(9(16)12-8)5-7-10-2-1-3-11-7/h1-4H,5H2,(H,12,15,16). The van der Waals surface area contributed by atoms with Gasteiger partial charge in [0.2, 0.25) is 0 Å². The van der Waals surface area contributed by atoms with Crippen molar-refractivity contribution in [3.8, 4) is 0 Å². The Labute approximate surface area is 98.9 Å². The summed E-state index contributed by atoms with van der Waals surface area (Å²) < 4.78 is 0.967. The largest absolute Gasteiger partial charge is 0.350 e. The number of H-pyrrole nitrogens is 1. The SMILES string of the molecule is O=c1[nH]c(=O)n(Cc2ncccn2)cc1[N+](=O)[O-]. The van der Waals surface area contributed by atoms with E-state index in [1.165, 1.54) is 12.4 Å². The van der Waals surface area contributed by atoms with Gasteiger partial charge in [-0.3, -0.25) is 24.5 Å². The van der Waals surface area contributed by atoms with Gasteiger partial charge in [0.25, 0.3) is 0 Å². The van der Waals surface area contributed by atoms with E-state index in [2.05, 4.69) is 9.97 Å². The van der Waals surface area contributed by atoms with Crippen LogP contribution in [0.3, 0.4) is 0 Å². The molecule has 2 rings (SSSR count). The smallest absolute Gasteiger partial charge is 0.286 e. The van der Waals surface area contributed by atoms with Gasteiger partial charge in [-0.15, -0.1) is 0 Å². The molecular formula is C9H7N5O4. The van der Waals surface area contributed by atoms with E-state index >= 15 is 0 Å². The summed E-state index contributed by atoms with van der Waals surface area (Å²) in [4.78, 5) is 41.9. The normalized spacial score (nSPS) is 10.2. The molecule has 0 aliphatic rings. The fourth-order valence-corrected chi connectivity index (χ4v) is 1.31. The van der Waals surface area contributed by atoms with Gasteiger partial charge in [-0.25, -0.2) is 14.8 Å². The number of hydrogen-bond acceptors (Lipinski definition) is 6. The molecule has 0 bridgehead atoms. The summed E-state index contributed by atoms with van der Waals surface area (Å²) in [6.45, 7) is -0.0582. The molecule has 0 saturated carbocycles. The van der Waals surface area contributed by atoms with Gasteiger partial charge >= 0.3 is 16.9 Å². The van der Waals surface area contributed by atoms with Crippen molar-refractivity contribution in [2.75, 3.05) is 0 Å². The number of aromatic nitrogens is 4. The molecule has 0 unspecified atom stereocenters. The highest BCUT2D eigenvalue weighted by molar-refractivity contribution is 5.21. The van der Waals surface area contributed by atoms with Gasteiger partial charge in [-0.05, 0) is 6.07 Å². The minimum Gasteiger partial charge on any atom is -0.286 e. The van der Waals surface area contributed by atoms with Gasteiger partial charge in [-0.1, -0.05) is 0 Å². The summed E-state index contributed by atoms with van der Waals surface area (Å²) in [6.07, 6.45) is 3.83. The van der Waals surface area contributed by atoms with Crippen LogP contribution in [0, 0.1) is 10.1 Å². The molecule has 0 amide bonds. The third-order valence-electron chi connectivity index (χ3n) is 2.12. The summed E-state index contributed by atoms with van der Waals surface area (Å²) >= 11 is 0. The number of nitrogens with zero attached hydrogens (tertiary/aromatic N) is 4. The Morgan fingerprint density at radius 3 is 2.61 bits per heavy atom. The predicted molar refractivity (Wildman–Crippen MR) is 59.1 cm³/mol. The van der Waals surface area contributed by atoms with Crippen LogP contribution in [0.5, 0.6) is 0 Å². The zero-order chi connectivity index (χ0) is 13.1. The van der Waals surface area contributed by atoms with Crippen molar-refractivity contribution in [1.29, 1.82) is 0 Å². The monoisotopic (exact) mass is 249 g/mol. The maximum Gasteiger partial charge on any atom is 0.350 e. The van der Waals surface area contributed by atoms with Crippen LogP contribution >= 0.6 is 0 Å². The molecule has 0 radical (unpaired) electrons. The molecule has 0 spiro atoms. The third-order valence-corrected chi connectivity index (χ3v) is 2.12. The fraction of sp³-hybridized carbons (Fsp3) is 0.111. The lowest BCUT2D eigenvalue weighted by molar-refractivity contribution is -0.386. The van der Waals surface area contributed by atoms with E-state index in [1.807, 2.05) is 4.98 Å². The number of aromatic amines is 1. The zero-order valence-electron chi connectivity index (χ0n) is 8.94. The van der Waals surface area contributed by atoms with Crippen molar-refractivity contribution < 1.29 is 4.92 Å². The van der Waals surface area contributed by atoms with E-state index in [-0.39, 0.29) is 6.54 Å². The van der Waals surface area contributed by atoms with Crippen molar-refractivity contribution in [3.05, 3.63) is 61.4 Å². The van der Waals surface area contributed by atoms with Gasteiger partial charge in [0.1, 0.15) is 5.82 Å². The first-order valence-corrected chi connectivity index (χ1v) is 4.82. The fourth-order valence-electron chi connectivity index (χ4n) is 1.31. The van der Waals surface area contributed by atoms with Crippen molar-refractivity contribution in [3.63, 3.8) is 0 Å². The number of hydrogen-bond donors (Lipinski definition) is 1. The van der Waals surface area contributed by atoms with Crippen LogP contribution in [0.2, 0.25) is 0 Å². The van der Waals surface area contributed by atoms with Crippen LogP contribution in [0.1, 0.15) is 5.82 Å². The Hall–Kier alpha value is -2.84. The molecule has 9 heteroatoms. The topological polar surface area (TPSA) is 124 Å². The lowest BCUT2D eigenvalue weighted by atomic mass is 10.5. The van der Waals surface area contributed by atoms with Gasteiger partial charge in [0.05, 0.1) is 17.7 Å². The Balaban J connectivity index is 2.46. The molecule has 0 aliphatic carbocycles. The summed E-state index contributed by atoms with van der Waals surface area (Å²) in [5.74, 6) is 0.306. The van der Waals surface area contributed by atoms with E-state index in [0.29, 0.717) is 5.82 Å². The first kappa shape index (κ1) is 11.6. The highest BCUT2D eigenvalue weighted by Crippen LogP contribution is 2.00. The maximum absolute atomic E-state index is 11.4. The maximum atomic E-state index is 11.4. The van der Waals surface area contributed by atoms with E-state index in [9.17, 15) is 19.7 Å². The van der Waals surface area contributed by atoms with Gasteiger partial charge < -0.3 is 0 Å². The van der Waals surface area contributed by atoms with Crippen molar-refractivity contribution in [2.24, 2.45) is 0 Å². The van der Waals surface area contributed by atoms with Crippen LogP contribution in [-0.2, 0) is 6.54 Å². The number of nitro groups is 1. The molecule has 2 aromatic heterocycles. The van der Waals surface area contributed by atoms with Gasteiger partial charge in [-0.2, -0.15) is 0 Å². The molecule has 0 saturated heterocycles. The zero-order valence-corrected chi connectivity index (χ0v) is 8.94. The second kappa shape index (κ2) is 4.57. The first-order valence-electron chi connectivity index (χ1n) is 4.82. The van der Waals surface area contributed by atoms with Crippen LogP contribution < -0.4 is 11.2 Å². The summed E-state index contributed by atoms with van der Waals surface area (Å²) in [5, 5.41) is 10.6. The van der Waals surface area contributed by atoms with Crippen molar-refractivity contribution in [1.82, 2.24) is 19.5 Å². The Morgan fingerprint density at radius 1 is 1.33 bits per heavy atom. The molecule has 0 atom stereocenters. The van der Waals surface area contributed by atoms with E-state index in [0.717, 1.165) is 10.8 Å². The van der Waals surface area contributed by atoms with E-state index in [4.69, 9.17) is 0 Å². The molecule has 0 aliphatic heterocycles. The van der Waals surface area contributed by atoms with Gasteiger partial charge in [0.15, 0.2) is 0 Å². The summed E-state index contributed by atoms with van der Waals surface area (Å²) in [5.41, 5.74) is -2.49. The number of nitrogens with one attached hydrogen (secondary N) is 1. The van der Waals surface area contributed by atoms with Crippen LogP contribution in [-0.4, -0.2) is 24.4 Å². The molecule has 1 N–H and O–H groups in total. The van der Waals surface area contributed by atoms with Crippen molar-refractivity contribution >= 4 is 5.69 Å². The highest BCUT2D eigenvalue weighted by atomic mass is 16.6. The second-order valence-corrected chi connectivity index (χ2v) is 3.32. The highest BCUT2D eigenvalue weighted by Gasteiger charge is 2.15. The van der Waals surface area contributed by atoms with Crippen LogP contribution in [0.15, 0.2) is 34.2 Å². The molecule has 92 valence electrons. The van der Waals surface area contributed by atoms with E-state index < -0.39 is 21.9 Å². The summed E-state index contributed by atoms with van der Waals surface area (Å²) in [7, 11) is 0. The van der Waals surface area contributed by atoms with Crippen LogP contribution in [0.25, 0.3) is 0 Å². The quantitative estimate of drug-likeness (QED) is 0.565. The molecule has 18 heavy (non-hydrogen) atoms. The third kappa shape index (κ3) is 2.29. The second-order valence-electron chi connectivity index (χ2n) is 3.32. The van der Waals surface area contributed by atoms with Gasteiger partial charge in [0, 0.05) is 12.4 Å². The molecule has 9 nitrogen and oxygen atoms in total. The first-order chi connectivity index (χ1) is 8.58. The molecule has 0 fully saturated rings. The van der Waals surface area contributed by atoms with Crippen molar-refractivity contribution in [2.45, 2.75) is 6.54 Å². The molecule has 0 aromatic carbocycles. The predicted octanol–water partition coefficient (Wildman–Crippen LogP) is -0.717. The molecular weight excluding hydrogens is 242 g/mol. The molecule has 2 aromatic rings. The lowest BCUT2D eigenvalue weighted by Crippen LogP contribution is -2.31. The Kier molecular flexibility index (Phi) is 2.96. The Morgan fingerprint density at radius 2 is 2.00 bits per heavy atom. The Bertz CT molecular complexity index is 690. The summed E-state index contributed by atoms with van der Waals surface area (Å²) in [6, 6.07) is 1.60. The average molecular weight is 249 g/mol. The average Bonchev–Trinajstić information content (AvgIpc) is 2.33. The number of rotatable bonds is 3. The minimum absolute atomic E-state index is 0.0582. The van der Waals surface area contributed by atoms with E-state index in [1.54, 1.807) is 6.07 Å². The van der Waals surface area contributed by atoms with Crippen LogP contribution in [0.4, 0.5) is 5.69 Å².